The maximum Gasteiger partial charge on any atom is 1.00 e. The Balaban J connectivity index is 0.00000289. The minimum Gasteiger partial charge on any atom is -0.548 e. The predicted octanol–water partition coefficient (Wildman–Crippen LogP) is -3.85. The second kappa shape index (κ2) is 7.81. The number of rotatable bonds is 5. The largest absolute Gasteiger partial charge is 1.00 e. The standard InChI is InChI=1S/C10H19NO5S.Na/c11-9(10(12)13)5-7-2-1-3-8(4-7)6-17(14,15)16;/h7-9H,1-6,11H2,(H,12,13)(H,14,15,16);/q;+1/p-1/t7?,8?,9-;/m0./s1. The van der Waals surface area contributed by atoms with Crippen LogP contribution >= 0.6 is 0 Å². The maximum atomic E-state index is 10.8. The number of nitrogens with two attached hydrogens (primary N) is 1. The molecule has 0 aliphatic heterocycles. The van der Waals surface area contributed by atoms with Gasteiger partial charge in [0.15, 0.2) is 0 Å². The van der Waals surface area contributed by atoms with Gasteiger partial charge in [0.05, 0.1) is 11.7 Å². The second-order valence-electron chi connectivity index (χ2n) is 4.81. The van der Waals surface area contributed by atoms with Crippen molar-refractivity contribution in [3.63, 3.8) is 0 Å². The minimum absolute atomic E-state index is 0. The normalized spacial score (nSPS) is 26.1. The molecule has 0 heterocycles. The van der Waals surface area contributed by atoms with Gasteiger partial charge >= 0.3 is 29.6 Å². The summed E-state index contributed by atoms with van der Waals surface area (Å²) in [6.45, 7) is 0. The van der Waals surface area contributed by atoms with Crippen LogP contribution in [0.4, 0.5) is 0 Å². The molecule has 1 aliphatic rings. The summed E-state index contributed by atoms with van der Waals surface area (Å²) < 4.78 is 30.3. The van der Waals surface area contributed by atoms with Crippen LogP contribution in [-0.4, -0.2) is 30.7 Å². The van der Waals surface area contributed by atoms with E-state index in [4.69, 9.17) is 10.3 Å². The summed E-state index contributed by atoms with van der Waals surface area (Å²) in [5.41, 5.74) is 5.39. The second-order valence-corrected chi connectivity index (χ2v) is 6.31. The maximum absolute atomic E-state index is 10.8. The first kappa shape index (κ1) is 18.3. The van der Waals surface area contributed by atoms with E-state index in [0.29, 0.717) is 12.8 Å². The number of hydrogen-bond donors (Lipinski definition) is 2. The molecule has 0 bridgehead atoms. The smallest absolute Gasteiger partial charge is 0.548 e. The molecule has 1 rings (SSSR count). The zero-order chi connectivity index (χ0) is 13.1. The Bertz CT molecular complexity index is 372. The van der Waals surface area contributed by atoms with Crippen LogP contribution < -0.4 is 40.4 Å². The van der Waals surface area contributed by atoms with Crippen LogP contribution in [0.3, 0.4) is 0 Å². The third-order valence-corrected chi connectivity index (χ3v) is 4.12. The summed E-state index contributed by atoms with van der Waals surface area (Å²) in [4.78, 5) is 10.5. The zero-order valence-corrected chi connectivity index (χ0v) is 13.4. The number of hydrogen-bond acceptors (Lipinski definition) is 5. The number of carboxylic acid groups (broad SMARTS) is 1. The van der Waals surface area contributed by atoms with E-state index in [-0.39, 0.29) is 47.1 Å². The molecular weight excluding hydrogens is 269 g/mol. The molecule has 0 radical (unpaired) electrons. The summed E-state index contributed by atoms with van der Waals surface area (Å²) in [5.74, 6) is -1.52. The van der Waals surface area contributed by atoms with E-state index < -0.39 is 22.1 Å². The van der Waals surface area contributed by atoms with Gasteiger partial charge in [-0.25, -0.2) is 0 Å². The van der Waals surface area contributed by atoms with Crippen LogP contribution in [-0.2, 0) is 14.9 Å². The quantitative estimate of drug-likeness (QED) is 0.394. The molecule has 6 nitrogen and oxygen atoms in total. The van der Waals surface area contributed by atoms with Crippen molar-refractivity contribution in [1.29, 1.82) is 0 Å². The van der Waals surface area contributed by atoms with Crippen LogP contribution in [0.25, 0.3) is 0 Å². The van der Waals surface area contributed by atoms with E-state index >= 15 is 0 Å². The van der Waals surface area contributed by atoms with Crippen molar-refractivity contribution >= 4 is 16.1 Å². The summed E-state index contributed by atoms with van der Waals surface area (Å²) in [5, 5.41) is 10.5. The van der Waals surface area contributed by atoms with Crippen LogP contribution in [0.5, 0.6) is 0 Å². The molecule has 0 saturated heterocycles. The molecule has 18 heavy (non-hydrogen) atoms. The molecule has 1 saturated carbocycles. The fourth-order valence-electron chi connectivity index (χ4n) is 2.52. The fraction of sp³-hybridized carbons (Fsp3) is 0.900. The van der Waals surface area contributed by atoms with Gasteiger partial charge in [0.1, 0.15) is 0 Å². The van der Waals surface area contributed by atoms with Crippen LogP contribution in [0.2, 0.25) is 0 Å². The van der Waals surface area contributed by atoms with E-state index in [9.17, 15) is 18.3 Å². The monoisotopic (exact) mass is 287 g/mol. The third kappa shape index (κ3) is 7.06. The Morgan fingerprint density at radius 1 is 1.39 bits per heavy atom. The molecule has 2 unspecified atom stereocenters. The van der Waals surface area contributed by atoms with E-state index in [0.717, 1.165) is 19.3 Å². The van der Waals surface area contributed by atoms with E-state index in [1.54, 1.807) is 0 Å². The fourth-order valence-corrected chi connectivity index (χ4v) is 3.42. The average molecular weight is 287 g/mol. The number of carbonyl (C=O) groups is 1. The van der Waals surface area contributed by atoms with Gasteiger partial charge in [0.25, 0.3) is 10.1 Å². The van der Waals surface area contributed by atoms with Gasteiger partial charge in [0.2, 0.25) is 0 Å². The van der Waals surface area contributed by atoms with Crippen molar-refractivity contribution in [1.82, 2.24) is 0 Å². The van der Waals surface area contributed by atoms with E-state index in [2.05, 4.69) is 0 Å². The Hall–Kier alpha value is 0.340. The average Bonchev–Trinajstić information content (AvgIpc) is 2.15. The summed E-state index contributed by atoms with van der Waals surface area (Å²) in [6.07, 6.45) is 3.34. The molecule has 100 valence electrons. The SMILES string of the molecule is N[C@@H](CC1CCCC(CS(=O)(=O)O)C1)C(=O)[O-].[Na+]. The van der Waals surface area contributed by atoms with Crippen LogP contribution in [0.1, 0.15) is 32.1 Å². The molecule has 0 aromatic heterocycles. The molecular formula is C10H18NNaO5S. The van der Waals surface area contributed by atoms with Crippen LogP contribution in [0, 0.1) is 11.8 Å². The summed E-state index contributed by atoms with van der Waals surface area (Å²) >= 11 is 0. The number of carbonyl (C=O) groups excluding carboxylic acids is 1. The summed E-state index contributed by atoms with van der Waals surface area (Å²) in [7, 11) is -3.95. The van der Waals surface area contributed by atoms with Gasteiger partial charge in [-0.1, -0.05) is 12.8 Å². The summed E-state index contributed by atoms with van der Waals surface area (Å²) in [6, 6.07) is -0.996. The van der Waals surface area contributed by atoms with Crippen molar-refractivity contribution in [2.24, 2.45) is 17.6 Å². The van der Waals surface area contributed by atoms with Crippen LogP contribution in [0.15, 0.2) is 0 Å². The van der Waals surface area contributed by atoms with Gasteiger partial charge in [-0.3, -0.25) is 4.55 Å². The Morgan fingerprint density at radius 3 is 2.44 bits per heavy atom. The zero-order valence-electron chi connectivity index (χ0n) is 10.5. The Morgan fingerprint density at radius 2 is 1.94 bits per heavy atom. The van der Waals surface area contributed by atoms with Crippen molar-refractivity contribution in [3.05, 3.63) is 0 Å². The third-order valence-electron chi connectivity index (χ3n) is 3.23. The Labute approximate surface area is 129 Å². The topological polar surface area (TPSA) is 121 Å². The molecule has 0 spiro atoms. The first-order valence-electron chi connectivity index (χ1n) is 5.69. The van der Waals surface area contributed by atoms with Crippen molar-refractivity contribution < 1.29 is 52.4 Å². The van der Waals surface area contributed by atoms with Gasteiger partial charge in [0, 0.05) is 6.04 Å². The molecule has 3 atom stereocenters. The first-order valence-corrected chi connectivity index (χ1v) is 7.30. The van der Waals surface area contributed by atoms with Gasteiger partial charge in [-0.2, -0.15) is 8.42 Å². The Kier molecular flexibility index (Phi) is 7.96. The molecule has 0 aromatic rings. The number of carboxylic acids is 1. The van der Waals surface area contributed by atoms with E-state index in [1.165, 1.54) is 0 Å². The van der Waals surface area contributed by atoms with Gasteiger partial charge < -0.3 is 15.6 Å². The molecule has 0 amide bonds. The molecule has 1 fully saturated rings. The molecule has 8 heteroatoms. The first-order chi connectivity index (χ1) is 7.78. The van der Waals surface area contributed by atoms with Gasteiger partial charge in [-0.15, -0.1) is 0 Å². The number of aliphatic carboxylic acids is 1. The predicted molar refractivity (Wildman–Crippen MR) is 59.5 cm³/mol. The van der Waals surface area contributed by atoms with Crippen molar-refractivity contribution in [2.75, 3.05) is 5.75 Å². The molecule has 0 aromatic carbocycles. The van der Waals surface area contributed by atoms with E-state index in [1.807, 2.05) is 0 Å². The van der Waals surface area contributed by atoms with Crippen molar-refractivity contribution in [2.45, 2.75) is 38.1 Å². The molecule has 3 N–H and O–H groups in total. The van der Waals surface area contributed by atoms with Crippen molar-refractivity contribution in [3.8, 4) is 0 Å². The minimum atomic E-state index is -3.95. The molecule has 1 aliphatic carbocycles. The van der Waals surface area contributed by atoms with Gasteiger partial charge in [-0.05, 0) is 31.1 Å².